The molecule has 2 heterocycles. The molecule has 0 bridgehead atoms. The number of nitrogens with zero attached hydrogens (tertiary/aromatic N) is 2. The summed E-state index contributed by atoms with van der Waals surface area (Å²) >= 11 is 0. The number of primary amides is 1. The monoisotopic (exact) mass is 363 g/mol. The van der Waals surface area contributed by atoms with Crippen LogP contribution in [0, 0.1) is 0 Å². The quantitative estimate of drug-likeness (QED) is 0.763. The SMILES string of the molecule is COc1cc2c(=O)n(C[C@@H]3CCCO3)c(=O)n(CC(N)=O)c2cc1OC. The van der Waals surface area contributed by atoms with Crippen molar-refractivity contribution in [2.45, 2.75) is 32.0 Å². The van der Waals surface area contributed by atoms with Gasteiger partial charge in [0.2, 0.25) is 5.91 Å². The average Bonchev–Trinajstić information content (AvgIpc) is 3.14. The Bertz CT molecular complexity index is 956. The molecule has 0 unspecified atom stereocenters. The van der Waals surface area contributed by atoms with E-state index in [9.17, 15) is 14.4 Å². The molecule has 1 aliphatic heterocycles. The average molecular weight is 363 g/mol. The second-order valence-corrected chi connectivity index (χ2v) is 6.11. The summed E-state index contributed by atoms with van der Waals surface area (Å²) in [4.78, 5) is 37.3. The highest BCUT2D eigenvalue weighted by molar-refractivity contribution is 5.84. The van der Waals surface area contributed by atoms with Crippen LogP contribution in [0.2, 0.25) is 0 Å². The molecule has 2 aromatic rings. The van der Waals surface area contributed by atoms with E-state index in [1.807, 2.05) is 0 Å². The second-order valence-electron chi connectivity index (χ2n) is 6.11. The van der Waals surface area contributed by atoms with Crippen molar-refractivity contribution >= 4 is 16.8 Å². The van der Waals surface area contributed by atoms with Gasteiger partial charge in [-0.15, -0.1) is 0 Å². The molecule has 9 nitrogen and oxygen atoms in total. The lowest BCUT2D eigenvalue weighted by molar-refractivity contribution is -0.118. The van der Waals surface area contributed by atoms with Crippen molar-refractivity contribution in [3.63, 3.8) is 0 Å². The summed E-state index contributed by atoms with van der Waals surface area (Å²) in [6, 6.07) is 3.00. The largest absolute Gasteiger partial charge is 0.493 e. The summed E-state index contributed by atoms with van der Waals surface area (Å²) in [6.45, 7) is 0.380. The molecule has 0 saturated carbocycles. The van der Waals surface area contributed by atoms with Gasteiger partial charge in [-0.05, 0) is 18.9 Å². The number of rotatable bonds is 6. The van der Waals surface area contributed by atoms with Gasteiger partial charge in [-0.1, -0.05) is 0 Å². The predicted octanol–water partition coefficient (Wildman–Crippen LogP) is -0.155. The van der Waals surface area contributed by atoms with Crippen LogP contribution in [-0.4, -0.2) is 42.0 Å². The first-order valence-corrected chi connectivity index (χ1v) is 8.25. The molecule has 9 heteroatoms. The van der Waals surface area contributed by atoms with E-state index < -0.39 is 17.2 Å². The fourth-order valence-electron chi connectivity index (χ4n) is 3.21. The van der Waals surface area contributed by atoms with Crippen LogP contribution in [0.5, 0.6) is 11.5 Å². The minimum atomic E-state index is -0.689. The summed E-state index contributed by atoms with van der Waals surface area (Å²) in [5.74, 6) is 0.00411. The summed E-state index contributed by atoms with van der Waals surface area (Å²) in [5, 5.41) is 0.237. The summed E-state index contributed by atoms with van der Waals surface area (Å²) < 4.78 is 18.3. The number of nitrogens with two attached hydrogens (primary N) is 1. The Hall–Kier alpha value is -2.81. The van der Waals surface area contributed by atoms with Gasteiger partial charge in [-0.3, -0.25) is 18.7 Å². The second kappa shape index (κ2) is 7.20. The van der Waals surface area contributed by atoms with E-state index in [2.05, 4.69) is 0 Å². The lowest BCUT2D eigenvalue weighted by Crippen LogP contribution is -2.43. The lowest BCUT2D eigenvalue weighted by atomic mass is 10.2. The molecule has 1 aromatic heterocycles. The zero-order valence-electron chi connectivity index (χ0n) is 14.7. The summed E-state index contributed by atoms with van der Waals surface area (Å²) in [7, 11) is 2.90. The molecule has 140 valence electrons. The highest BCUT2D eigenvalue weighted by atomic mass is 16.5. The Balaban J connectivity index is 2.29. The van der Waals surface area contributed by atoms with Gasteiger partial charge >= 0.3 is 5.69 Å². The molecule has 0 aliphatic carbocycles. The molecule has 0 radical (unpaired) electrons. The van der Waals surface area contributed by atoms with Crippen LogP contribution in [0.4, 0.5) is 0 Å². The number of benzene rings is 1. The van der Waals surface area contributed by atoms with Gasteiger partial charge in [0.25, 0.3) is 5.56 Å². The topological polar surface area (TPSA) is 115 Å². The smallest absolute Gasteiger partial charge is 0.332 e. The fraction of sp³-hybridized carbons (Fsp3) is 0.471. The molecular weight excluding hydrogens is 342 g/mol. The van der Waals surface area contributed by atoms with Crippen molar-refractivity contribution < 1.29 is 19.0 Å². The molecule has 1 aliphatic rings. The van der Waals surface area contributed by atoms with Crippen molar-refractivity contribution in [1.29, 1.82) is 0 Å². The third-order valence-electron chi connectivity index (χ3n) is 4.45. The number of ether oxygens (including phenoxy) is 3. The van der Waals surface area contributed by atoms with E-state index in [0.717, 1.165) is 17.4 Å². The standard InChI is InChI=1S/C17H21N3O6/c1-24-13-6-11-12(7-14(13)25-2)19(9-15(18)21)17(23)20(16(11)22)8-10-4-3-5-26-10/h6-7,10H,3-5,8-9H2,1-2H3,(H2,18,21)/t10-/m0/s1. The van der Waals surface area contributed by atoms with E-state index in [0.29, 0.717) is 18.1 Å². The normalized spacial score (nSPS) is 16.8. The first-order chi connectivity index (χ1) is 12.5. The number of hydrogen-bond donors (Lipinski definition) is 1. The summed E-state index contributed by atoms with van der Waals surface area (Å²) in [5.41, 5.74) is 4.48. The highest BCUT2D eigenvalue weighted by Gasteiger charge is 2.22. The Morgan fingerprint density at radius 3 is 2.50 bits per heavy atom. The van der Waals surface area contributed by atoms with Crippen molar-refractivity contribution in [2.75, 3.05) is 20.8 Å². The van der Waals surface area contributed by atoms with Gasteiger partial charge in [-0.25, -0.2) is 4.79 Å². The van der Waals surface area contributed by atoms with Crippen molar-refractivity contribution in [1.82, 2.24) is 9.13 Å². The molecule has 0 spiro atoms. The first-order valence-electron chi connectivity index (χ1n) is 8.25. The van der Waals surface area contributed by atoms with Crippen molar-refractivity contribution in [3.05, 3.63) is 33.0 Å². The van der Waals surface area contributed by atoms with E-state index in [-0.39, 0.29) is 30.1 Å². The molecule has 1 atom stereocenters. The van der Waals surface area contributed by atoms with Crippen LogP contribution in [0.3, 0.4) is 0 Å². The zero-order valence-corrected chi connectivity index (χ0v) is 14.7. The van der Waals surface area contributed by atoms with E-state index >= 15 is 0 Å². The lowest BCUT2D eigenvalue weighted by Gasteiger charge is -2.17. The number of carbonyl (C=O) groups excluding carboxylic acids is 1. The molecule has 3 rings (SSSR count). The Morgan fingerprint density at radius 2 is 1.92 bits per heavy atom. The van der Waals surface area contributed by atoms with Crippen LogP contribution >= 0.6 is 0 Å². The van der Waals surface area contributed by atoms with E-state index in [1.54, 1.807) is 0 Å². The van der Waals surface area contributed by atoms with E-state index in [4.69, 9.17) is 19.9 Å². The van der Waals surface area contributed by atoms with Crippen LogP contribution in [0.1, 0.15) is 12.8 Å². The van der Waals surface area contributed by atoms with Crippen LogP contribution in [0.25, 0.3) is 10.9 Å². The molecule has 26 heavy (non-hydrogen) atoms. The predicted molar refractivity (Wildman–Crippen MR) is 93.7 cm³/mol. The Kier molecular flexibility index (Phi) is 4.99. The van der Waals surface area contributed by atoms with Gasteiger partial charge in [-0.2, -0.15) is 0 Å². The van der Waals surface area contributed by atoms with Gasteiger partial charge < -0.3 is 19.9 Å². The van der Waals surface area contributed by atoms with Gasteiger partial charge in [0.1, 0.15) is 6.54 Å². The van der Waals surface area contributed by atoms with Gasteiger partial charge in [0.05, 0.1) is 37.8 Å². The minimum Gasteiger partial charge on any atom is -0.493 e. The Labute approximate surface area is 148 Å². The Morgan fingerprint density at radius 1 is 1.23 bits per heavy atom. The minimum absolute atomic E-state index is 0.126. The number of amides is 1. The molecular formula is C17H21N3O6. The molecule has 1 fully saturated rings. The van der Waals surface area contributed by atoms with Gasteiger partial charge in [0, 0.05) is 12.7 Å². The molecule has 2 N–H and O–H groups in total. The molecule has 1 saturated heterocycles. The maximum Gasteiger partial charge on any atom is 0.332 e. The van der Waals surface area contributed by atoms with Crippen molar-refractivity contribution in [3.8, 4) is 11.5 Å². The third kappa shape index (κ3) is 3.17. The highest BCUT2D eigenvalue weighted by Crippen LogP contribution is 2.30. The summed E-state index contributed by atoms with van der Waals surface area (Å²) in [6.07, 6.45) is 1.44. The molecule has 1 aromatic carbocycles. The number of hydrogen-bond acceptors (Lipinski definition) is 6. The number of fused-ring (bicyclic) bond motifs is 1. The number of aromatic nitrogens is 2. The third-order valence-corrected chi connectivity index (χ3v) is 4.45. The maximum atomic E-state index is 12.9. The number of carbonyl (C=O) groups is 1. The zero-order chi connectivity index (χ0) is 18.8. The van der Waals surface area contributed by atoms with Crippen LogP contribution in [-0.2, 0) is 22.6 Å². The first kappa shape index (κ1) is 18.0. The maximum absolute atomic E-state index is 12.9. The van der Waals surface area contributed by atoms with E-state index in [1.165, 1.54) is 30.9 Å². The van der Waals surface area contributed by atoms with Gasteiger partial charge in [0.15, 0.2) is 11.5 Å². The fourth-order valence-corrected chi connectivity index (χ4v) is 3.21. The van der Waals surface area contributed by atoms with Crippen LogP contribution < -0.4 is 26.5 Å². The molecule has 1 amide bonds. The number of methoxy groups -OCH3 is 2. The van der Waals surface area contributed by atoms with Crippen LogP contribution in [0.15, 0.2) is 21.7 Å². The van der Waals surface area contributed by atoms with Crippen molar-refractivity contribution in [2.24, 2.45) is 5.73 Å².